The number of rotatable bonds is 11. The van der Waals surface area contributed by atoms with Gasteiger partial charge in [-0.3, -0.25) is 9.59 Å². The summed E-state index contributed by atoms with van der Waals surface area (Å²) >= 11 is 0. The number of nitrogens with one attached hydrogen (secondary N) is 1. The van der Waals surface area contributed by atoms with E-state index in [0.717, 1.165) is 11.3 Å². The molecule has 0 saturated heterocycles. The molecule has 0 aromatic heterocycles. The number of esters is 1. The molecule has 1 N–H and O–H groups in total. The highest BCUT2D eigenvalue weighted by Gasteiger charge is 2.21. The molecule has 0 unspecified atom stereocenters. The summed E-state index contributed by atoms with van der Waals surface area (Å²) < 4.78 is 10.2. The number of carbonyl (C=O) groups excluding carboxylic acids is 3. The van der Waals surface area contributed by atoms with Crippen molar-refractivity contribution in [1.82, 2.24) is 10.2 Å². The first-order chi connectivity index (χ1) is 14.1. The van der Waals surface area contributed by atoms with Gasteiger partial charge in [-0.25, -0.2) is 4.79 Å². The van der Waals surface area contributed by atoms with Gasteiger partial charge in [-0.1, -0.05) is 39.8 Å². The first kappa shape index (κ1) is 25.2. The summed E-state index contributed by atoms with van der Waals surface area (Å²) in [4.78, 5) is 38.3. The van der Waals surface area contributed by atoms with Gasteiger partial charge in [0, 0.05) is 19.2 Å². The molecule has 7 heteroatoms. The van der Waals surface area contributed by atoms with E-state index in [1.54, 1.807) is 30.2 Å². The molecule has 2 amide bonds. The van der Waals surface area contributed by atoms with Crippen molar-refractivity contribution in [2.24, 2.45) is 11.8 Å². The van der Waals surface area contributed by atoms with Crippen LogP contribution in [0.15, 0.2) is 30.3 Å². The Hall–Kier alpha value is -2.83. The molecule has 1 atom stereocenters. The zero-order chi connectivity index (χ0) is 22.7. The van der Waals surface area contributed by atoms with Crippen molar-refractivity contribution < 1.29 is 23.9 Å². The van der Waals surface area contributed by atoms with Crippen molar-refractivity contribution in [3.63, 3.8) is 0 Å². The van der Waals surface area contributed by atoms with Crippen molar-refractivity contribution in [2.45, 2.75) is 40.7 Å². The average Bonchev–Trinajstić information content (AvgIpc) is 2.69. The molecule has 0 aliphatic heterocycles. The summed E-state index contributed by atoms with van der Waals surface area (Å²) in [6, 6.07) is 6.33. The predicted molar refractivity (Wildman–Crippen MR) is 117 cm³/mol. The van der Waals surface area contributed by atoms with Gasteiger partial charge in [0.15, 0.2) is 6.61 Å². The van der Waals surface area contributed by atoms with Crippen LogP contribution < -0.4 is 10.1 Å². The molecule has 0 spiro atoms. The highest BCUT2D eigenvalue weighted by Crippen LogP contribution is 2.12. The smallest absolute Gasteiger partial charge is 0.328 e. The Bertz CT molecular complexity index is 716. The summed E-state index contributed by atoms with van der Waals surface area (Å²) in [7, 11) is 1.58. The largest absolute Gasteiger partial charge is 0.497 e. The van der Waals surface area contributed by atoms with Crippen molar-refractivity contribution >= 4 is 23.9 Å². The third-order valence-electron chi connectivity index (χ3n) is 4.12. The maximum absolute atomic E-state index is 12.4. The van der Waals surface area contributed by atoms with E-state index in [2.05, 4.69) is 5.32 Å². The summed E-state index contributed by atoms with van der Waals surface area (Å²) in [5.74, 6) is 0.0520. The van der Waals surface area contributed by atoms with E-state index in [0.29, 0.717) is 24.9 Å². The van der Waals surface area contributed by atoms with Crippen LogP contribution in [0, 0.1) is 11.8 Å². The van der Waals surface area contributed by atoms with Crippen molar-refractivity contribution in [2.75, 3.05) is 26.8 Å². The van der Waals surface area contributed by atoms with Crippen molar-refractivity contribution in [3.05, 3.63) is 35.9 Å². The molecule has 7 nitrogen and oxygen atoms in total. The Labute approximate surface area is 179 Å². The summed E-state index contributed by atoms with van der Waals surface area (Å²) in [6.45, 7) is 10.5. The normalized spacial score (nSPS) is 12.1. The second-order valence-corrected chi connectivity index (χ2v) is 8.03. The van der Waals surface area contributed by atoms with Crippen LogP contribution in [-0.4, -0.2) is 55.5 Å². The van der Waals surface area contributed by atoms with E-state index in [9.17, 15) is 14.4 Å². The Kier molecular flexibility index (Phi) is 10.6. The zero-order valence-electron chi connectivity index (χ0n) is 18.8. The quantitative estimate of drug-likeness (QED) is 0.441. The van der Waals surface area contributed by atoms with Gasteiger partial charge < -0.3 is 19.7 Å². The number of amides is 2. The summed E-state index contributed by atoms with van der Waals surface area (Å²) in [6.07, 6.45) is 2.97. The minimum absolute atomic E-state index is 0.233. The summed E-state index contributed by atoms with van der Waals surface area (Å²) in [5.41, 5.74) is 0.821. The van der Waals surface area contributed by atoms with E-state index >= 15 is 0 Å². The number of hydrogen-bond acceptors (Lipinski definition) is 5. The SMILES string of the molecule is COc1ccc(/C=C/C(=O)N[C@@H](C)C(=O)OCC(=O)N(CC(C)C)CC(C)C)cc1. The fourth-order valence-electron chi connectivity index (χ4n) is 2.72. The van der Waals surface area contributed by atoms with Crippen LogP contribution in [0.5, 0.6) is 5.75 Å². The maximum Gasteiger partial charge on any atom is 0.328 e. The predicted octanol–water partition coefficient (Wildman–Crippen LogP) is 2.90. The van der Waals surface area contributed by atoms with Crippen LogP contribution in [0.1, 0.15) is 40.2 Å². The van der Waals surface area contributed by atoms with Crippen LogP contribution in [0.3, 0.4) is 0 Å². The van der Waals surface area contributed by atoms with Gasteiger partial charge in [0.1, 0.15) is 11.8 Å². The van der Waals surface area contributed by atoms with Crippen LogP contribution in [-0.2, 0) is 19.1 Å². The molecule has 0 heterocycles. The van der Waals surface area contributed by atoms with E-state index in [1.807, 2.05) is 39.8 Å². The Morgan fingerprint density at radius 3 is 2.07 bits per heavy atom. The highest BCUT2D eigenvalue weighted by molar-refractivity contribution is 5.94. The highest BCUT2D eigenvalue weighted by atomic mass is 16.5. The molecule has 166 valence electrons. The molecule has 1 aromatic rings. The molecule has 0 aliphatic carbocycles. The van der Waals surface area contributed by atoms with E-state index in [4.69, 9.17) is 9.47 Å². The number of hydrogen-bond donors (Lipinski definition) is 1. The standard InChI is InChI=1S/C23H34N2O5/c1-16(2)13-25(14-17(3)4)22(27)15-30-23(28)18(5)24-21(26)12-9-19-7-10-20(29-6)11-8-19/h7-12,16-18H,13-15H2,1-6H3,(H,24,26)/b12-9+/t18-/m0/s1. The van der Waals surface area contributed by atoms with Gasteiger partial charge in [-0.05, 0) is 42.5 Å². The van der Waals surface area contributed by atoms with Gasteiger partial charge in [-0.15, -0.1) is 0 Å². The lowest BCUT2D eigenvalue weighted by Crippen LogP contribution is -2.42. The van der Waals surface area contributed by atoms with Gasteiger partial charge in [0.25, 0.3) is 5.91 Å². The van der Waals surface area contributed by atoms with Gasteiger partial charge in [-0.2, -0.15) is 0 Å². The van der Waals surface area contributed by atoms with E-state index in [1.165, 1.54) is 13.0 Å². The molecular formula is C23H34N2O5. The molecule has 30 heavy (non-hydrogen) atoms. The number of ether oxygens (including phenoxy) is 2. The molecule has 1 rings (SSSR count). The van der Waals surface area contributed by atoms with Crippen LogP contribution in [0.4, 0.5) is 0 Å². The van der Waals surface area contributed by atoms with Crippen molar-refractivity contribution in [3.8, 4) is 5.75 Å². The minimum atomic E-state index is -0.866. The topological polar surface area (TPSA) is 84.9 Å². The second-order valence-electron chi connectivity index (χ2n) is 8.03. The lowest BCUT2D eigenvalue weighted by atomic mass is 10.1. The molecule has 0 bridgehead atoms. The first-order valence-electron chi connectivity index (χ1n) is 10.2. The zero-order valence-corrected chi connectivity index (χ0v) is 18.8. The average molecular weight is 419 g/mol. The van der Waals surface area contributed by atoms with E-state index < -0.39 is 17.9 Å². The number of benzene rings is 1. The van der Waals surface area contributed by atoms with Gasteiger partial charge >= 0.3 is 5.97 Å². The number of methoxy groups -OCH3 is 1. The monoisotopic (exact) mass is 418 g/mol. The van der Waals surface area contributed by atoms with Crippen molar-refractivity contribution in [1.29, 1.82) is 0 Å². The van der Waals surface area contributed by atoms with E-state index in [-0.39, 0.29) is 12.5 Å². The molecule has 0 aliphatic rings. The lowest BCUT2D eigenvalue weighted by Gasteiger charge is -2.26. The first-order valence-corrected chi connectivity index (χ1v) is 10.2. The second kappa shape index (κ2) is 12.7. The fourth-order valence-corrected chi connectivity index (χ4v) is 2.72. The molecular weight excluding hydrogens is 384 g/mol. The van der Waals surface area contributed by atoms with Crippen LogP contribution in [0.25, 0.3) is 6.08 Å². The third kappa shape index (κ3) is 9.58. The third-order valence-corrected chi connectivity index (χ3v) is 4.12. The molecule has 0 fully saturated rings. The van der Waals surface area contributed by atoms with Crippen LogP contribution in [0.2, 0.25) is 0 Å². The number of nitrogens with zero attached hydrogens (tertiary/aromatic N) is 1. The van der Waals surface area contributed by atoms with Gasteiger partial charge in [0.05, 0.1) is 7.11 Å². The minimum Gasteiger partial charge on any atom is -0.497 e. The maximum atomic E-state index is 12.4. The molecule has 0 radical (unpaired) electrons. The Balaban J connectivity index is 2.51. The van der Waals surface area contributed by atoms with Gasteiger partial charge in [0.2, 0.25) is 5.91 Å². The lowest BCUT2D eigenvalue weighted by molar-refractivity contribution is -0.154. The fraction of sp³-hybridized carbons (Fsp3) is 0.522. The Morgan fingerprint density at radius 1 is 1.00 bits per heavy atom. The molecule has 0 saturated carbocycles. The van der Waals surface area contributed by atoms with Crippen LogP contribution >= 0.6 is 0 Å². The summed E-state index contributed by atoms with van der Waals surface area (Å²) in [5, 5.41) is 2.54. The Morgan fingerprint density at radius 2 is 1.57 bits per heavy atom. The molecule has 1 aromatic carbocycles. The number of carbonyl (C=O) groups is 3.